The standard InChI is InChI=1S/C20H18ClN3O3S/c1-26-15-8-14(9-16(11-15)27-2)10-17(21)19-23-24-20(28-19)18(25)22-12-13-6-4-3-5-7-13/h3-11H,12H2,1-2H3,(H,22,25)/b17-10-. The molecule has 8 heteroatoms. The van der Waals surface area contributed by atoms with E-state index in [4.69, 9.17) is 21.1 Å². The van der Waals surface area contributed by atoms with Crippen LogP contribution in [0.4, 0.5) is 0 Å². The predicted molar refractivity (Wildman–Crippen MR) is 111 cm³/mol. The number of carbonyl (C=O) groups is 1. The maximum Gasteiger partial charge on any atom is 0.282 e. The number of nitrogens with zero attached hydrogens (tertiary/aromatic N) is 2. The number of benzene rings is 2. The summed E-state index contributed by atoms with van der Waals surface area (Å²) in [6, 6.07) is 15.0. The average Bonchev–Trinajstić information content (AvgIpc) is 3.23. The molecule has 0 saturated carbocycles. The van der Waals surface area contributed by atoms with Gasteiger partial charge in [0.15, 0.2) is 5.01 Å². The maximum atomic E-state index is 12.3. The second-order valence-corrected chi connectivity index (χ2v) is 7.10. The zero-order chi connectivity index (χ0) is 19.9. The highest BCUT2D eigenvalue weighted by Crippen LogP contribution is 2.29. The van der Waals surface area contributed by atoms with Crippen LogP contribution in [-0.2, 0) is 6.54 Å². The number of ether oxygens (including phenoxy) is 2. The van der Waals surface area contributed by atoms with Crippen molar-refractivity contribution in [2.24, 2.45) is 0 Å². The number of carbonyl (C=O) groups excluding carboxylic acids is 1. The quantitative estimate of drug-likeness (QED) is 0.625. The normalized spacial score (nSPS) is 11.2. The van der Waals surface area contributed by atoms with E-state index >= 15 is 0 Å². The molecule has 0 fully saturated rings. The number of nitrogens with one attached hydrogen (secondary N) is 1. The van der Waals surface area contributed by atoms with Gasteiger partial charge in [-0.2, -0.15) is 0 Å². The molecule has 0 aliphatic carbocycles. The van der Waals surface area contributed by atoms with Gasteiger partial charge >= 0.3 is 0 Å². The van der Waals surface area contributed by atoms with E-state index in [-0.39, 0.29) is 10.9 Å². The Bertz CT molecular complexity index is 967. The van der Waals surface area contributed by atoms with Crippen molar-refractivity contribution in [3.63, 3.8) is 0 Å². The molecule has 1 heterocycles. The smallest absolute Gasteiger partial charge is 0.282 e. The van der Waals surface area contributed by atoms with E-state index in [9.17, 15) is 4.79 Å². The van der Waals surface area contributed by atoms with Gasteiger partial charge < -0.3 is 14.8 Å². The molecule has 0 unspecified atom stereocenters. The first-order valence-electron chi connectivity index (χ1n) is 8.35. The van der Waals surface area contributed by atoms with Crippen molar-refractivity contribution in [3.8, 4) is 11.5 Å². The summed E-state index contributed by atoms with van der Waals surface area (Å²) in [5.41, 5.74) is 1.79. The zero-order valence-corrected chi connectivity index (χ0v) is 16.9. The number of methoxy groups -OCH3 is 2. The number of aromatic nitrogens is 2. The summed E-state index contributed by atoms with van der Waals surface area (Å²) in [6.07, 6.45) is 1.72. The van der Waals surface area contributed by atoms with E-state index in [1.807, 2.05) is 42.5 Å². The van der Waals surface area contributed by atoms with Gasteiger partial charge in [0.25, 0.3) is 5.91 Å². The van der Waals surface area contributed by atoms with Gasteiger partial charge in [0.2, 0.25) is 5.01 Å². The Labute approximate surface area is 171 Å². The molecule has 28 heavy (non-hydrogen) atoms. The Morgan fingerprint density at radius 3 is 2.36 bits per heavy atom. The van der Waals surface area contributed by atoms with Crippen molar-refractivity contribution in [1.29, 1.82) is 0 Å². The second kappa shape index (κ2) is 9.34. The van der Waals surface area contributed by atoms with Gasteiger partial charge in [-0.3, -0.25) is 4.79 Å². The predicted octanol–water partition coefficient (Wildman–Crippen LogP) is 4.22. The van der Waals surface area contributed by atoms with Crippen LogP contribution >= 0.6 is 22.9 Å². The Kier molecular flexibility index (Phi) is 6.62. The molecule has 0 atom stereocenters. The van der Waals surface area contributed by atoms with Gasteiger partial charge in [0, 0.05) is 12.6 Å². The number of halogens is 1. The molecule has 3 rings (SSSR count). The molecular weight excluding hydrogens is 398 g/mol. The summed E-state index contributed by atoms with van der Waals surface area (Å²) in [5, 5.41) is 11.9. The summed E-state index contributed by atoms with van der Waals surface area (Å²) in [5.74, 6) is 1.00. The fraction of sp³-hybridized carbons (Fsp3) is 0.150. The number of amides is 1. The minimum absolute atomic E-state index is 0.251. The molecule has 0 spiro atoms. The van der Waals surface area contributed by atoms with Crippen molar-refractivity contribution in [3.05, 3.63) is 69.7 Å². The highest BCUT2D eigenvalue weighted by atomic mass is 35.5. The maximum absolute atomic E-state index is 12.3. The highest BCUT2D eigenvalue weighted by molar-refractivity contribution is 7.15. The Morgan fingerprint density at radius 1 is 1.07 bits per heavy atom. The first-order chi connectivity index (χ1) is 13.6. The molecular formula is C20H18ClN3O3S. The van der Waals surface area contributed by atoms with Gasteiger partial charge in [-0.15, -0.1) is 10.2 Å². The molecule has 0 radical (unpaired) electrons. The molecule has 1 amide bonds. The van der Waals surface area contributed by atoms with Crippen LogP contribution in [0, 0.1) is 0 Å². The summed E-state index contributed by atoms with van der Waals surface area (Å²) in [4.78, 5) is 12.3. The molecule has 6 nitrogen and oxygen atoms in total. The fourth-order valence-electron chi connectivity index (χ4n) is 2.39. The summed E-state index contributed by atoms with van der Waals surface area (Å²) < 4.78 is 10.5. The molecule has 1 N–H and O–H groups in total. The molecule has 0 bridgehead atoms. The monoisotopic (exact) mass is 415 g/mol. The molecule has 3 aromatic rings. The minimum Gasteiger partial charge on any atom is -0.497 e. The number of hydrogen-bond donors (Lipinski definition) is 1. The van der Waals surface area contributed by atoms with E-state index in [2.05, 4.69) is 15.5 Å². The molecule has 0 aliphatic heterocycles. The lowest BCUT2D eigenvalue weighted by Crippen LogP contribution is -2.22. The second-order valence-electron chi connectivity index (χ2n) is 5.72. The van der Waals surface area contributed by atoms with Crippen LogP contribution in [0.25, 0.3) is 11.1 Å². The lowest BCUT2D eigenvalue weighted by atomic mass is 10.2. The largest absolute Gasteiger partial charge is 0.497 e. The zero-order valence-electron chi connectivity index (χ0n) is 15.3. The Balaban J connectivity index is 1.72. The third-order valence-corrected chi connectivity index (χ3v) is 5.14. The van der Waals surface area contributed by atoms with Crippen molar-refractivity contribution in [1.82, 2.24) is 15.5 Å². The van der Waals surface area contributed by atoms with Crippen molar-refractivity contribution in [2.75, 3.05) is 14.2 Å². The minimum atomic E-state index is -0.292. The van der Waals surface area contributed by atoms with Crippen LogP contribution < -0.4 is 14.8 Å². The number of hydrogen-bond acceptors (Lipinski definition) is 6. The Morgan fingerprint density at radius 2 is 1.71 bits per heavy atom. The molecule has 1 aromatic heterocycles. The third-order valence-electron chi connectivity index (χ3n) is 3.79. The lowest BCUT2D eigenvalue weighted by Gasteiger charge is -2.06. The Hall–Kier alpha value is -2.90. The summed E-state index contributed by atoms with van der Waals surface area (Å²) in [7, 11) is 3.16. The van der Waals surface area contributed by atoms with E-state index in [0.717, 1.165) is 22.5 Å². The van der Waals surface area contributed by atoms with E-state index in [1.165, 1.54) is 0 Å². The molecule has 0 saturated heterocycles. The van der Waals surface area contributed by atoms with Gasteiger partial charge in [-0.05, 0) is 29.3 Å². The van der Waals surface area contributed by atoms with Crippen LogP contribution in [0.2, 0.25) is 0 Å². The van der Waals surface area contributed by atoms with Crippen LogP contribution in [0.15, 0.2) is 48.5 Å². The molecule has 144 valence electrons. The average molecular weight is 416 g/mol. The first-order valence-corrected chi connectivity index (χ1v) is 9.54. The topological polar surface area (TPSA) is 73.3 Å². The first kappa shape index (κ1) is 19.9. The lowest BCUT2D eigenvalue weighted by molar-refractivity contribution is 0.0950. The van der Waals surface area contributed by atoms with Gasteiger partial charge in [-0.25, -0.2) is 0 Å². The van der Waals surface area contributed by atoms with E-state index in [1.54, 1.807) is 26.4 Å². The SMILES string of the molecule is COc1cc(/C=C(\Cl)c2nnc(C(=O)NCc3ccccc3)s2)cc(OC)c1. The van der Waals surface area contributed by atoms with Crippen molar-refractivity contribution < 1.29 is 14.3 Å². The summed E-state index contributed by atoms with van der Waals surface area (Å²) in [6.45, 7) is 0.418. The van der Waals surface area contributed by atoms with Crippen LogP contribution in [0.5, 0.6) is 11.5 Å². The van der Waals surface area contributed by atoms with Gasteiger partial charge in [0.05, 0.1) is 19.3 Å². The molecule has 0 aliphatic rings. The van der Waals surface area contributed by atoms with Crippen LogP contribution in [0.1, 0.15) is 25.9 Å². The highest BCUT2D eigenvalue weighted by Gasteiger charge is 2.14. The van der Waals surface area contributed by atoms with Crippen LogP contribution in [-0.4, -0.2) is 30.3 Å². The number of rotatable bonds is 7. The van der Waals surface area contributed by atoms with Crippen molar-refractivity contribution in [2.45, 2.75) is 6.54 Å². The van der Waals surface area contributed by atoms with Gasteiger partial charge in [0.1, 0.15) is 11.5 Å². The van der Waals surface area contributed by atoms with Crippen molar-refractivity contribution >= 4 is 40.0 Å². The van der Waals surface area contributed by atoms with E-state index < -0.39 is 0 Å². The van der Waals surface area contributed by atoms with E-state index in [0.29, 0.717) is 28.1 Å². The molecule has 2 aromatic carbocycles. The van der Waals surface area contributed by atoms with Gasteiger partial charge in [-0.1, -0.05) is 53.3 Å². The summed E-state index contributed by atoms with van der Waals surface area (Å²) >= 11 is 7.50. The third kappa shape index (κ3) is 5.09. The van der Waals surface area contributed by atoms with Crippen LogP contribution in [0.3, 0.4) is 0 Å². The fourth-order valence-corrected chi connectivity index (χ4v) is 3.33.